The van der Waals surface area contributed by atoms with Gasteiger partial charge in [-0.15, -0.1) is 0 Å². The van der Waals surface area contributed by atoms with Gasteiger partial charge in [0.2, 0.25) is 0 Å². The van der Waals surface area contributed by atoms with Crippen LogP contribution in [0.15, 0.2) is 11.2 Å². The molecule has 0 aliphatic rings. The molecule has 12 heavy (non-hydrogen) atoms. The lowest BCUT2D eigenvalue weighted by Crippen LogP contribution is -1.92. The van der Waals surface area contributed by atoms with Crippen LogP contribution in [0.5, 0.6) is 0 Å². The number of rotatable bonds is 1. The predicted molar refractivity (Wildman–Crippen MR) is 51.7 cm³/mol. The Balaban J connectivity index is 0.000000561. The Morgan fingerprint density at radius 2 is 2.08 bits per heavy atom. The lowest BCUT2D eigenvalue weighted by atomic mass is 10.5. The highest BCUT2D eigenvalue weighted by atomic mass is 15.0. The van der Waals surface area contributed by atoms with Crippen LogP contribution in [0, 0.1) is 6.92 Å². The second-order valence-electron chi connectivity index (χ2n) is 1.85. The maximum absolute atomic E-state index is 5.44. The molecular formula is C8H14N4. The van der Waals surface area contributed by atoms with E-state index in [1.165, 1.54) is 6.20 Å². The van der Waals surface area contributed by atoms with Gasteiger partial charge in [0.15, 0.2) is 5.82 Å². The molecule has 1 aromatic rings. The molecule has 0 aromatic carbocycles. The molecule has 0 radical (unpaired) electrons. The molecule has 2 N–H and O–H groups in total. The molecule has 4 heteroatoms. The van der Waals surface area contributed by atoms with Crippen LogP contribution >= 0.6 is 0 Å². The van der Waals surface area contributed by atoms with Gasteiger partial charge in [0.25, 0.3) is 0 Å². The average Bonchev–Trinajstić information content (AvgIpc) is 2.13. The van der Waals surface area contributed by atoms with Crippen molar-refractivity contribution in [1.82, 2.24) is 9.97 Å². The number of aromatic nitrogens is 2. The molecule has 0 atom stereocenters. The first-order chi connectivity index (χ1) is 5.74. The van der Waals surface area contributed by atoms with E-state index in [9.17, 15) is 0 Å². The summed E-state index contributed by atoms with van der Waals surface area (Å²) in [5, 5.41) is 0. The molecule has 0 saturated carbocycles. The van der Waals surface area contributed by atoms with E-state index < -0.39 is 0 Å². The van der Waals surface area contributed by atoms with Crippen molar-refractivity contribution < 1.29 is 0 Å². The van der Waals surface area contributed by atoms with Gasteiger partial charge in [0.05, 0.1) is 11.9 Å². The van der Waals surface area contributed by atoms with Crippen molar-refractivity contribution in [3.63, 3.8) is 0 Å². The van der Waals surface area contributed by atoms with Gasteiger partial charge in [-0.2, -0.15) is 0 Å². The number of nitrogen functional groups attached to an aromatic ring is 1. The zero-order valence-corrected chi connectivity index (χ0v) is 7.70. The molecule has 4 nitrogen and oxygen atoms in total. The van der Waals surface area contributed by atoms with Crippen molar-refractivity contribution in [2.45, 2.75) is 20.8 Å². The summed E-state index contributed by atoms with van der Waals surface area (Å²) in [6.07, 6.45) is 1.52. The molecule has 0 aliphatic carbocycles. The molecule has 1 heterocycles. The molecular weight excluding hydrogens is 152 g/mol. The van der Waals surface area contributed by atoms with Crippen LogP contribution in [0.1, 0.15) is 19.7 Å². The van der Waals surface area contributed by atoms with Crippen LogP contribution in [0.3, 0.4) is 0 Å². The van der Waals surface area contributed by atoms with Crippen LogP contribution in [-0.4, -0.2) is 16.7 Å². The summed E-state index contributed by atoms with van der Waals surface area (Å²) < 4.78 is 0. The molecule has 66 valence electrons. The Labute approximate surface area is 72.6 Å². The van der Waals surface area contributed by atoms with Gasteiger partial charge in [-0.25, -0.2) is 15.0 Å². The topological polar surface area (TPSA) is 64.2 Å². The lowest BCUT2D eigenvalue weighted by molar-refractivity contribution is 1.05. The third-order valence-electron chi connectivity index (χ3n) is 1.07. The van der Waals surface area contributed by atoms with Crippen molar-refractivity contribution in [1.29, 1.82) is 0 Å². The normalized spacial score (nSPS) is 8.25. The summed E-state index contributed by atoms with van der Waals surface area (Å²) in [5.41, 5.74) is 5.90. The summed E-state index contributed by atoms with van der Waals surface area (Å²) in [6, 6.07) is 0. The van der Waals surface area contributed by atoms with Crippen LogP contribution in [-0.2, 0) is 0 Å². The number of aryl methyl sites for hydroxylation is 1. The van der Waals surface area contributed by atoms with E-state index in [4.69, 9.17) is 5.73 Å². The van der Waals surface area contributed by atoms with Gasteiger partial charge in [-0.1, -0.05) is 13.8 Å². The molecule has 0 spiro atoms. The van der Waals surface area contributed by atoms with Gasteiger partial charge < -0.3 is 5.73 Å². The fraction of sp³-hybridized carbons (Fsp3) is 0.375. The van der Waals surface area contributed by atoms with E-state index in [1.807, 2.05) is 13.8 Å². The second-order valence-corrected chi connectivity index (χ2v) is 1.85. The Bertz CT molecular complexity index is 257. The van der Waals surface area contributed by atoms with Gasteiger partial charge in [-0.05, 0) is 13.6 Å². The van der Waals surface area contributed by atoms with E-state index >= 15 is 0 Å². The Hall–Kier alpha value is -1.45. The van der Waals surface area contributed by atoms with Gasteiger partial charge in [-0.3, -0.25) is 0 Å². The third-order valence-corrected chi connectivity index (χ3v) is 1.07. The number of anilines is 1. The average molecular weight is 166 g/mol. The first kappa shape index (κ1) is 10.6. The highest BCUT2D eigenvalue weighted by molar-refractivity contribution is 5.58. The largest absolute Gasteiger partial charge is 0.394 e. The number of hydrogen-bond acceptors (Lipinski definition) is 4. The van der Waals surface area contributed by atoms with Crippen molar-refractivity contribution >= 4 is 18.2 Å². The summed E-state index contributed by atoms with van der Waals surface area (Å²) in [5.74, 6) is 1.10. The summed E-state index contributed by atoms with van der Waals surface area (Å²) in [4.78, 5) is 11.4. The van der Waals surface area contributed by atoms with E-state index in [-0.39, 0.29) is 0 Å². The molecule has 1 aromatic heterocycles. The molecule has 0 saturated heterocycles. The fourth-order valence-electron chi connectivity index (χ4n) is 0.594. The molecule has 0 fully saturated rings. The van der Waals surface area contributed by atoms with Gasteiger partial charge in [0.1, 0.15) is 5.82 Å². The first-order valence-electron chi connectivity index (χ1n) is 3.80. The summed E-state index contributed by atoms with van der Waals surface area (Å²) in [6.45, 7) is 9.08. The van der Waals surface area contributed by atoms with Crippen LogP contribution in [0.2, 0.25) is 0 Å². The minimum Gasteiger partial charge on any atom is -0.394 e. The number of nitrogens with zero attached hydrogens (tertiary/aromatic N) is 3. The summed E-state index contributed by atoms with van der Waals surface area (Å²) >= 11 is 0. The lowest BCUT2D eigenvalue weighted by Gasteiger charge is -1.96. The third kappa shape index (κ3) is 2.65. The fourth-order valence-corrected chi connectivity index (χ4v) is 0.594. The van der Waals surface area contributed by atoms with Crippen molar-refractivity contribution in [3.05, 3.63) is 12.0 Å². The van der Waals surface area contributed by atoms with Gasteiger partial charge >= 0.3 is 0 Å². The summed E-state index contributed by atoms with van der Waals surface area (Å²) in [7, 11) is 0. The SMILES string of the molecule is C=Nc1nc(C)ncc1N.CC. The van der Waals surface area contributed by atoms with E-state index in [1.54, 1.807) is 6.92 Å². The minimum atomic E-state index is 0.451. The maximum atomic E-state index is 5.44. The van der Waals surface area contributed by atoms with E-state index in [2.05, 4.69) is 21.7 Å². The Morgan fingerprint density at radius 3 is 2.50 bits per heavy atom. The highest BCUT2D eigenvalue weighted by Crippen LogP contribution is 2.15. The van der Waals surface area contributed by atoms with Crippen LogP contribution in [0.4, 0.5) is 11.5 Å². The van der Waals surface area contributed by atoms with Crippen LogP contribution in [0.25, 0.3) is 0 Å². The smallest absolute Gasteiger partial charge is 0.178 e. The predicted octanol–water partition coefficient (Wildman–Crippen LogP) is 1.73. The first-order valence-corrected chi connectivity index (χ1v) is 3.80. The standard InChI is InChI=1S/C6H8N4.C2H6/c1-4-9-3-5(7)6(8-2)10-4;1-2/h3H,2,7H2,1H3;1-2H3. The Kier molecular flexibility index (Phi) is 4.60. The number of aliphatic imine (C=N–C) groups is 1. The number of nitrogens with two attached hydrogens (primary N) is 1. The molecule has 0 unspecified atom stereocenters. The van der Waals surface area contributed by atoms with Crippen LogP contribution < -0.4 is 5.73 Å². The van der Waals surface area contributed by atoms with Gasteiger partial charge in [0, 0.05) is 0 Å². The van der Waals surface area contributed by atoms with E-state index in [0.29, 0.717) is 17.3 Å². The zero-order valence-electron chi connectivity index (χ0n) is 7.70. The molecule has 0 amide bonds. The van der Waals surface area contributed by atoms with Crippen molar-refractivity contribution in [3.8, 4) is 0 Å². The zero-order chi connectivity index (χ0) is 9.56. The molecule has 0 bridgehead atoms. The monoisotopic (exact) mass is 166 g/mol. The Morgan fingerprint density at radius 1 is 1.50 bits per heavy atom. The highest BCUT2D eigenvalue weighted by Gasteiger charge is 1.96. The minimum absolute atomic E-state index is 0.451. The molecule has 0 aliphatic heterocycles. The second kappa shape index (κ2) is 5.23. The maximum Gasteiger partial charge on any atom is 0.178 e. The quantitative estimate of drug-likeness (QED) is 0.646. The molecule has 1 rings (SSSR count). The van der Waals surface area contributed by atoms with Crippen molar-refractivity contribution in [2.24, 2.45) is 4.99 Å². The van der Waals surface area contributed by atoms with Crippen molar-refractivity contribution in [2.75, 3.05) is 5.73 Å². The number of hydrogen-bond donors (Lipinski definition) is 1. The van der Waals surface area contributed by atoms with E-state index in [0.717, 1.165) is 0 Å².